The minimum absolute atomic E-state index is 0.0185. The van der Waals surface area contributed by atoms with Crippen LogP contribution < -0.4 is 0 Å². The normalized spacial score (nSPS) is 10.2. The second-order valence-corrected chi connectivity index (χ2v) is 3.37. The Bertz CT molecular complexity index is 491. The van der Waals surface area contributed by atoms with Gasteiger partial charge in [0.05, 0.1) is 11.9 Å². The van der Waals surface area contributed by atoms with Gasteiger partial charge in [-0.25, -0.2) is 4.68 Å². The van der Waals surface area contributed by atoms with Gasteiger partial charge in [-0.2, -0.15) is 5.10 Å². The van der Waals surface area contributed by atoms with Gasteiger partial charge >= 0.3 is 0 Å². The number of hydrogen-bond donors (Lipinski definition) is 1. The predicted molar refractivity (Wildman–Crippen MR) is 55.6 cm³/mol. The Morgan fingerprint density at radius 3 is 2.53 bits per heavy atom. The van der Waals surface area contributed by atoms with Crippen LogP contribution in [0.4, 0.5) is 0 Å². The number of aromatic hydroxyl groups is 1. The molecule has 0 saturated carbocycles. The first-order valence-corrected chi connectivity index (χ1v) is 4.58. The number of benzene rings is 1. The van der Waals surface area contributed by atoms with Gasteiger partial charge in [-0.3, -0.25) is 4.79 Å². The highest BCUT2D eigenvalue weighted by molar-refractivity contribution is 6.30. The average Bonchev–Trinajstić information content (AvgIpc) is 2.61. The summed E-state index contributed by atoms with van der Waals surface area (Å²) in [5, 5.41) is 13.8. The SMILES string of the molecule is O=Cc1nn(-c2ccc(Cl)cc2)cc1O. The molecule has 1 heterocycles. The maximum absolute atomic E-state index is 10.5. The summed E-state index contributed by atoms with van der Waals surface area (Å²) >= 11 is 5.73. The second kappa shape index (κ2) is 3.74. The number of aldehydes is 1. The molecular weight excluding hydrogens is 216 g/mol. The topological polar surface area (TPSA) is 55.1 Å². The highest BCUT2D eigenvalue weighted by Gasteiger charge is 2.07. The van der Waals surface area contributed by atoms with E-state index < -0.39 is 0 Å². The molecule has 2 rings (SSSR count). The van der Waals surface area contributed by atoms with Gasteiger partial charge in [-0.1, -0.05) is 11.6 Å². The van der Waals surface area contributed by atoms with Crippen molar-refractivity contribution in [2.24, 2.45) is 0 Å². The molecule has 76 valence electrons. The molecule has 0 atom stereocenters. The molecule has 2 aromatic rings. The van der Waals surface area contributed by atoms with Crippen LogP contribution in [-0.2, 0) is 0 Å². The van der Waals surface area contributed by atoms with Crippen LogP contribution in [0.25, 0.3) is 5.69 Å². The summed E-state index contributed by atoms with van der Waals surface area (Å²) in [6.07, 6.45) is 1.87. The van der Waals surface area contributed by atoms with E-state index in [1.807, 2.05) is 0 Å². The molecular formula is C10H7ClN2O2. The molecule has 0 bridgehead atoms. The van der Waals surface area contributed by atoms with E-state index in [1.54, 1.807) is 24.3 Å². The van der Waals surface area contributed by atoms with Gasteiger partial charge in [0.2, 0.25) is 0 Å². The summed E-state index contributed by atoms with van der Waals surface area (Å²) in [7, 11) is 0. The highest BCUT2D eigenvalue weighted by atomic mass is 35.5. The average molecular weight is 223 g/mol. The smallest absolute Gasteiger partial charge is 0.174 e. The Balaban J connectivity index is 2.45. The first kappa shape index (κ1) is 9.73. The lowest BCUT2D eigenvalue weighted by molar-refractivity contribution is 0.111. The van der Waals surface area contributed by atoms with Crippen LogP contribution in [-0.4, -0.2) is 21.2 Å². The molecule has 0 radical (unpaired) electrons. The molecule has 0 saturated heterocycles. The molecule has 0 fully saturated rings. The zero-order valence-electron chi connectivity index (χ0n) is 7.59. The third-order valence-electron chi connectivity index (χ3n) is 1.93. The minimum Gasteiger partial charge on any atom is -0.504 e. The van der Waals surface area contributed by atoms with Crippen LogP contribution in [0, 0.1) is 0 Å². The molecule has 0 aliphatic rings. The van der Waals surface area contributed by atoms with Crippen LogP contribution >= 0.6 is 11.6 Å². The van der Waals surface area contributed by atoms with E-state index in [0.717, 1.165) is 5.69 Å². The molecule has 0 unspecified atom stereocenters. The Kier molecular flexibility index (Phi) is 2.43. The molecule has 5 heteroatoms. The van der Waals surface area contributed by atoms with Crippen molar-refractivity contribution in [2.45, 2.75) is 0 Å². The van der Waals surface area contributed by atoms with E-state index in [0.29, 0.717) is 11.3 Å². The van der Waals surface area contributed by atoms with Gasteiger partial charge in [0.15, 0.2) is 17.7 Å². The molecule has 0 amide bonds. The Labute approximate surface area is 90.7 Å². The van der Waals surface area contributed by atoms with E-state index in [-0.39, 0.29) is 11.4 Å². The van der Waals surface area contributed by atoms with Crippen molar-refractivity contribution in [3.63, 3.8) is 0 Å². The van der Waals surface area contributed by atoms with Crippen LogP contribution in [0.5, 0.6) is 5.75 Å². The highest BCUT2D eigenvalue weighted by Crippen LogP contribution is 2.17. The lowest BCUT2D eigenvalue weighted by Gasteiger charge is -1.99. The van der Waals surface area contributed by atoms with Crippen LogP contribution in [0.2, 0.25) is 5.02 Å². The van der Waals surface area contributed by atoms with Gasteiger partial charge in [0, 0.05) is 5.02 Å². The number of carbonyl (C=O) groups excluding carboxylic acids is 1. The van der Waals surface area contributed by atoms with Gasteiger partial charge < -0.3 is 5.11 Å². The van der Waals surface area contributed by atoms with Crippen molar-refractivity contribution in [1.29, 1.82) is 0 Å². The van der Waals surface area contributed by atoms with Gasteiger partial charge in [-0.05, 0) is 24.3 Å². The molecule has 0 aliphatic carbocycles. The molecule has 1 aromatic carbocycles. The summed E-state index contributed by atoms with van der Waals surface area (Å²) in [6.45, 7) is 0. The fourth-order valence-electron chi connectivity index (χ4n) is 1.19. The van der Waals surface area contributed by atoms with Crippen molar-refractivity contribution >= 4 is 17.9 Å². The third kappa shape index (κ3) is 1.85. The van der Waals surface area contributed by atoms with Crippen molar-refractivity contribution in [2.75, 3.05) is 0 Å². The summed E-state index contributed by atoms with van der Waals surface area (Å²) in [5.41, 5.74) is 0.743. The number of nitrogens with zero attached hydrogens (tertiary/aromatic N) is 2. The van der Waals surface area contributed by atoms with Crippen LogP contribution in [0.1, 0.15) is 10.5 Å². The first-order chi connectivity index (χ1) is 7.20. The molecule has 15 heavy (non-hydrogen) atoms. The maximum atomic E-state index is 10.5. The maximum Gasteiger partial charge on any atom is 0.174 e. The van der Waals surface area contributed by atoms with Gasteiger partial charge in [0.1, 0.15) is 0 Å². The fraction of sp³-hybridized carbons (Fsp3) is 0. The van der Waals surface area contributed by atoms with E-state index in [4.69, 9.17) is 11.6 Å². The first-order valence-electron chi connectivity index (χ1n) is 4.20. The number of aromatic nitrogens is 2. The number of rotatable bonds is 2. The quantitative estimate of drug-likeness (QED) is 0.792. The molecule has 1 aromatic heterocycles. The van der Waals surface area contributed by atoms with Gasteiger partial charge in [0.25, 0.3) is 0 Å². The standard InChI is InChI=1S/C10H7ClN2O2/c11-7-1-3-8(4-2-7)13-5-10(15)9(6-14)12-13/h1-6,15H. The Morgan fingerprint density at radius 1 is 1.33 bits per heavy atom. The third-order valence-corrected chi connectivity index (χ3v) is 2.18. The van der Waals surface area contributed by atoms with E-state index in [2.05, 4.69) is 5.10 Å². The second-order valence-electron chi connectivity index (χ2n) is 2.94. The molecule has 0 aliphatic heterocycles. The van der Waals surface area contributed by atoms with Crippen LogP contribution in [0.3, 0.4) is 0 Å². The van der Waals surface area contributed by atoms with Crippen molar-refractivity contribution < 1.29 is 9.90 Å². The predicted octanol–water partition coefficient (Wildman–Crippen LogP) is 2.04. The van der Waals surface area contributed by atoms with Gasteiger partial charge in [-0.15, -0.1) is 0 Å². The number of halogens is 1. The van der Waals surface area contributed by atoms with Crippen molar-refractivity contribution in [3.05, 3.63) is 41.2 Å². The molecule has 4 nitrogen and oxygen atoms in total. The van der Waals surface area contributed by atoms with Crippen LogP contribution in [0.15, 0.2) is 30.5 Å². The Hall–Kier alpha value is -1.81. The molecule has 1 N–H and O–H groups in total. The van der Waals surface area contributed by atoms with E-state index >= 15 is 0 Å². The zero-order chi connectivity index (χ0) is 10.8. The van der Waals surface area contributed by atoms with Crippen molar-refractivity contribution in [1.82, 2.24) is 9.78 Å². The van der Waals surface area contributed by atoms with E-state index in [1.165, 1.54) is 10.9 Å². The lowest BCUT2D eigenvalue weighted by Crippen LogP contribution is -1.94. The zero-order valence-corrected chi connectivity index (χ0v) is 8.35. The largest absolute Gasteiger partial charge is 0.504 e. The monoisotopic (exact) mass is 222 g/mol. The summed E-state index contributed by atoms with van der Waals surface area (Å²) in [4.78, 5) is 10.5. The summed E-state index contributed by atoms with van der Waals surface area (Å²) in [6, 6.07) is 6.89. The lowest BCUT2D eigenvalue weighted by atomic mass is 10.3. The minimum atomic E-state index is -0.139. The summed E-state index contributed by atoms with van der Waals surface area (Å²) < 4.78 is 1.41. The number of carbonyl (C=O) groups is 1. The summed E-state index contributed by atoms with van der Waals surface area (Å²) in [5.74, 6) is -0.139. The molecule has 0 spiro atoms. The van der Waals surface area contributed by atoms with E-state index in [9.17, 15) is 9.90 Å². The number of hydrogen-bond acceptors (Lipinski definition) is 3. The fourth-order valence-corrected chi connectivity index (χ4v) is 1.31. The Morgan fingerprint density at radius 2 is 2.00 bits per heavy atom. The van der Waals surface area contributed by atoms with Crippen molar-refractivity contribution in [3.8, 4) is 11.4 Å².